The summed E-state index contributed by atoms with van der Waals surface area (Å²) in [7, 11) is 0. The van der Waals surface area contributed by atoms with E-state index >= 15 is 0 Å². The van der Waals surface area contributed by atoms with Crippen molar-refractivity contribution < 1.29 is 4.74 Å². The standard InChI is InChI=1S/C14H21BrO/c15-11-13(12-6-2-1-3-7-12)10-14-8-4-5-9-16-14/h5,9-10,12,14H,1-4,6-8,11H2/b13-10-. The first-order valence-electron chi connectivity index (χ1n) is 6.47. The maximum atomic E-state index is 5.62. The second-order valence-electron chi connectivity index (χ2n) is 4.83. The van der Waals surface area contributed by atoms with Gasteiger partial charge in [-0.2, -0.15) is 0 Å². The van der Waals surface area contributed by atoms with Crippen LogP contribution in [0.2, 0.25) is 0 Å². The topological polar surface area (TPSA) is 9.23 Å². The number of halogens is 1. The fourth-order valence-corrected chi connectivity index (χ4v) is 3.32. The molecule has 0 saturated heterocycles. The highest BCUT2D eigenvalue weighted by Crippen LogP contribution is 2.31. The summed E-state index contributed by atoms with van der Waals surface area (Å²) in [6, 6.07) is 0. The quantitative estimate of drug-likeness (QED) is 0.544. The molecular formula is C14H21BrO. The van der Waals surface area contributed by atoms with Gasteiger partial charge in [-0.05, 0) is 43.8 Å². The van der Waals surface area contributed by atoms with Crippen LogP contribution in [0.3, 0.4) is 0 Å². The Labute approximate surface area is 107 Å². The Balaban J connectivity index is 1.96. The van der Waals surface area contributed by atoms with E-state index in [9.17, 15) is 0 Å². The predicted molar refractivity (Wildman–Crippen MR) is 71.7 cm³/mol. The molecule has 1 fully saturated rings. The van der Waals surface area contributed by atoms with Crippen molar-refractivity contribution in [1.29, 1.82) is 0 Å². The molecule has 0 spiro atoms. The maximum Gasteiger partial charge on any atom is 0.117 e. The number of ether oxygens (including phenoxy) is 1. The van der Waals surface area contributed by atoms with Gasteiger partial charge in [-0.15, -0.1) is 0 Å². The highest BCUT2D eigenvalue weighted by molar-refractivity contribution is 9.09. The fourth-order valence-electron chi connectivity index (χ4n) is 2.68. The van der Waals surface area contributed by atoms with E-state index in [4.69, 9.17) is 4.74 Å². The monoisotopic (exact) mass is 284 g/mol. The van der Waals surface area contributed by atoms with Crippen molar-refractivity contribution in [3.8, 4) is 0 Å². The van der Waals surface area contributed by atoms with Gasteiger partial charge in [0.15, 0.2) is 0 Å². The highest BCUT2D eigenvalue weighted by atomic mass is 79.9. The van der Waals surface area contributed by atoms with Crippen LogP contribution in [0.1, 0.15) is 44.9 Å². The van der Waals surface area contributed by atoms with Gasteiger partial charge in [-0.3, -0.25) is 0 Å². The van der Waals surface area contributed by atoms with E-state index in [2.05, 4.69) is 28.1 Å². The molecule has 90 valence electrons. The molecule has 2 rings (SSSR count). The van der Waals surface area contributed by atoms with Crippen LogP contribution < -0.4 is 0 Å². The van der Waals surface area contributed by atoms with Crippen LogP contribution in [0.15, 0.2) is 24.0 Å². The van der Waals surface area contributed by atoms with Crippen molar-refractivity contribution in [3.05, 3.63) is 24.0 Å². The number of hydrogen-bond acceptors (Lipinski definition) is 1. The van der Waals surface area contributed by atoms with Crippen LogP contribution in [-0.2, 0) is 4.74 Å². The van der Waals surface area contributed by atoms with Crippen molar-refractivity contribution in [2.75, 3.05) is 5.33 Å². The molecule has 1 nitrogen and oxygen atoms in total. The molecule has 1 aliphatic heterocycles. The molecular weight excluding hydrogens is 264 g/mol. The molecule has 0 amide bonds. The molecule has 1 unspecified atom stereocenters. The largest absolute Gasteiger partial charge is 0.494 e. The zero-order valence-corrected chi connectivity index (χ0v) is 11.4. The number of alkyl halides is 1. The fraction of sp³-hybridized carbons (Fsp3) is 0.714. The summed E-state index contributed by atoms with van der Waals surface area (Å²) in [4.78, 5) is 0. The highest BCUT2D eigenvalue weighted by Gasteiger charge is 2.19. The molecule has 0 N–H and O–H groups in total. The zero-order chi connectivity index (χ0) is 11.2. The van der Waals surface area contributed by atoms with Crippen molar-refractivity contribution in [1.82, 2.24) is 0 Å². The van der Waals surface area contributed by atoms with Crippen LogP contribution >= 0.6 is 15.9 Å². The van der Waals surface area contributed by atoms with Gasteiger partial charge in [0.1, 0.15) is 6.10 Å². The van der Waals surface area contributed by atoms with E-state index in [-0.39, 0.29) is 0 Å². The summed E-state index contributed by atoms with van der Waals surface area (Å²) in [5.41, 5.74) is 1.57. The molecule has 16 heavy (non-hydrogen) atoms. The molecule has 2 aliphatic rings. The lowest BCUT2D eigenvalue weighted by atomic mass is 9.83. The zero-order valence-electron chi connectivity index (χ0n) is 9.83. The van der Waals surface area contributed by atoms with Gasteiger partial charge in [0.25, 0.3) is 0 Å². The normalized spacial score (nSPS) is 27.8. The molecule has 1 saturated carbocycles. The van der Waals surface area contributed by atoms with E-state index < -0.39 is 0 Å². The predicted octanol–water partition coefficient (Wildman–Crippen LogP) is 4.58. The number of hydrogen-bond donors (Lipinski definition) is 0. The minimum Gasteiger partial charge on any atom is -0.494 e. The average Bonchev–Trinajstić information content (AvgIpc) is 2.38. The first-order chi connectivity index (χ1) is 7.90. The SMILES string of the molecule is BrC/C(=C/C1CCC=CO1)C1CCCCC1. The summed E-state index contributed by atoms with van der Waals surface area (Å²) in [6.45, 7) is 0. The Kier molecular flexibility index (Phi) is 4.95. The maximum absolute atomic E-state index is 5.62. The molecule has 1 atom stereocenters. The Morgan fingerprint density at radius 1 is 1.25 bits per heavy atom. The number of rotatable bonds is 3. The van der Waals surface area contributed by atoms with E-state index in [0.717, 1.165) is 24.1 Å². The summed E-state index contributed by atoms with van der Waals surface area (Å²) < 4.78 is 5.62. The third-order valence-corrected chi connectivity index (χ3v) is 4.30. The van der Waals surface area contributed by atoms with Gasteiger partial charge in [0, 0.05) is 5.33 Å². The van der Waals surface area contributed by atoms with Crippen LogP contribution in [0.25, 0.3) is 0 Å². The summed E-state index contributed by atoms with van der Waals surface area (Å²) in [6.07, 6.45) is 15.9. The molecule has 0 aromatic heterocycles. The summed E-state index contributed by atoms with van der Waals surface area (Å²) in [5.74, 6) is 0.808. The minimum atomic E-state index is 0.319. The van der Waals surface area contributed by atoms with E-state index in [1.165, 1.54) is 32.1 Å². The van der Waals surface area contributed by atoms with Crippen LogP contribution in [-0.4, -0.2) is 11.4 Å². The Bertz CT molecular complexity index is 264. The lowest BCUT2D eigenvalue weighted by Crippen LogP contribution is -2.15. The molecule has 1 aliphatic carbocycles. The molecule has 1 heterocycles. The molecule has 0 aromatic rings. The third-order valence-electron chi connectivity index (χ3n) is 3.65. The van der Waals surface area contributed by atoms with E-state index in [0.29, 0.717) is 6.10 Å². The number of allylic oxidation sites excluding steroid dienone is 2. The van der Waals surface area contributed by atoms with Crippen LogP contribution in [0.5, 0.6) is 0 Å². The van der Waals surface area contributed by atoms with Gasteiger partial charge in [-0.1, -0.05) is 40.8 Å². The Morgan fingerprint density at radius 2 is 2.06 bits per heavy atom. The summed E-state index contributed by atoms with van der Waals surface area (Å²) >= 11 is 3.64. The molecule has 0 bridgehead atoms. The Morgan fingerprint density at radius 3 is 2.69 bits per heavy atom. The van der Waals surface area contributed by atoms with Gasteiger partial charge >= 0.3 is 0 Å². The molecule has 2 heteroatoms. The van der Waals surface area contributed by atoms with E-state index in [1.54, 1.807) is 5.57 Å². The van der Waals surface area contributed by atoms with E-state index in [1.807, 2.05) is 6.26 Å². The first-order valence-corrected chi connectivity index (χ1v) is 7.59. The smallest absolute Gasteiger partial charge is 0.117 e. The van der Waals surface area contributed by atoms with Crippen molar-refractivity contribution in [2.45, 2.75) is 51.0 Å². The third kappa shape index (κ3) is 3.38. The average molecular weight is 285 g/mol. The van der Waals surface area contributed by atoms with Gasteiger partial charge in [0.05, 0.1) is 6.26 Å². The second-order valence-corrected chi connectivity index (χ2v) is 5.39. The molecule has 0 radical (unpaired) electrons. The minimum absolute atomic E-state index is 0.319. The van der Waals surface area contributed by atoms with Crippen LogP contribution in [0, 0.1) is 5.92 Å². The van der Waals surface area contributed by atoms with Crippen molar-refractivity contribution in [2.24, 2.45) is 5.92 Å². The van der Waals surface area contributed by atoms with Gasteiger partial charge in [-0.25, -0.2) is 0 Å². The van der Waals surface area contributed by atoms with Crippen molar-refractivity contribution >= 4 is 15.9 Å². The van der Waals surface area contributed by atoms with Crippen LogP contribution in [0.4, 0.5) is 0 Å². The Hall–Kier alpha value is -0.240. The van der Waals surface area contributed by atoms with Gasteiger partial charge < -0.3 is 4.74 Å². The van der Waals surface area contributed by atoms with Crippen molar-refractivity contribution in [3.63, 3.8) is 0 Å². The molecule has 0 aromatic carbocycles. The lowest BCUT2D eigenvalue weighted by Gasteiger charge is -2.25. The van der Waals surface area contributed by atoms with Gasteiger partial charge in [0.2, 0.25) is 0 Å². The summed E-state index contributed by atoms with van der Waals surface area (Å²) in [5, 5.41) is 1.02. The second kappa shape index (κ2) is 6.48. The lowest BCUT2D eigenvalue weighted by molar-refractivity contribution is 0.163. The first kappa shape index (κ1) is 12.2.